The van der Waals surface area contributed by atoms with E-state index in [1.54, 1.807) is 0 Å². The number of likely N-dealkylation sites (tertiary alicyclic amines) is 1. The van der Waals surface area contributed by atoms with Crippen LogP contribution in [0.3, 0.4) is 0 Å². The molecule has 4 nitrogen and oxygen atoms in total. The predicted molar refractivity (Wildman–Crippen MR) is 79.8 cm³/mol. The molecule has 1 aliphatic carbocycles. The molecule has 2 aliphatic heterocycles. The normalized spacial score (nSPS) is 35.5. The summed E-state index contributed by atoms with van der Waals surface area (Å²) in [4.78, 5) is 2.61. The zero-order valence-corrected chi connectivity index (χ0v) is 12.6. The lowest BCUT2D eigenvalue weighted by Gasteiger charge is -2.40. The van der Waals surface area contributed by atoms with Gasteiger partial charge >= 0.3 is 0 Å². The number of rotatable bonds is 7. The largest absolute Gasteiger partial charge is 0.396 e. The summed E-state index contributed by atoms with van der Waals surface area (Å²) in [5.74, 6) is 0.706. The van der Waals surface area contributed by atoms with E-state index in [2.05, 4.69) is 10.2 Å². The first-order valence-electron chi connectivity index (χ1n) is 8.44. The van der Waals surface area contributed by atoms with E-state index in [-0.39, 0.29) is 0 Å². The van der Waals surface area contributed by atoms with Crippen LogP contribution in [-0.2, 0) is 4.74 Å². The van der Waals surface area contributed by atoms with Gasteiger partial charge in [-0.15, -0.1) is 0 Å². The van der Waals surface area contributed by atoms with Crippen LogP contribution in [0.1, 0.15) is 38.5 Å². The molecule has 0 aromatic carbocycles. The summed E-state index contributed by atoms with van der Waals surface area (Å²) >= 11 is 0. The Morgan fingerprint density at radius 1 is 1.30 bits per heavy atom. The highest BCUT2D eigenvalue weighted by Crippen LogP contribution is 2.33. The van der Waals surface area contributed by atoms with Crippen molar-refractivity contribution in [2.75, 3.05) is 46.0 Å². The van der Waals surface area contributed by atoms with Gasteiger partial charge in [-0.05, 0) is 51.0 Å². The van der Waals surface area contributed by atoms with Crippen molar-refractivity contribution in [3.63, 3.8) is 0 Å². The smallest absolute Gasteiger partial charge is 0.0546 e. The molecule has 0 aromatic heterocycles. The molecule has 0 radical (unpaired) electrons. The Kier molecular flexibility index (Phi) is 4.97. The van der Waals surface area contributed by atoms with Gasteiger partial charge in [0, 0.05) is 44.3 Å². The average Bonchev–Trinajstić information content (AvgIpc) is 3.20. The zero-order valence-electron chi connectivity index (χ0n) is 12.6. The molecule has 116 valence electrons. The summed E-state index contributed by atoms with van der Waals surface area (Å²) in [5.41, 5.74) is 0.328. The Balaban J connectivity index is 1.52. The minimum Gasteiger partial charge on any atom is -0.396 e. The van der Waals surface area contributed by atoms with Crippen molar-refractivity contribution < 1.29 is 9.84 Å². The molecule has 20 heavy (non-hydrogen) atoms. The molecule has 2 unspecified atom stereocenters. The summed E-state index contributed by atoms with van der Waals surface area (Å²) in [6.07, 6.45) is 7.46. The van der Waals surface area contributed by atoms with E-state index in [1.807, 2.05) is 0 Å². The molecule has 0 spiro atoms. The summed E-state index contributed by atoms with van der Waals surface area (Å²) < 4.78 is 5.82. The van der Waals surface area contributed by atoms with Crippen LogP contribution in [0.4, 0.5) is 0 Å². The highest BCUT2D eigenvalue weighted by atomic mass is 16.5. The fourth-order valence-corrected chi connectivity index (χ4v) is 3.83. The molecule has 2 atom stereocenters. The van der Waals surface area contributed by atoms with Crippen molar-refractivity contribution >= 4 is 0 Å². The second kappa shape index (κ2) is 6.73. The maximum Gasteiger partial charge on any atom is 0.0546 e. The molecule has 4 heteroatoms. The number of hydrogen-bond acceptors (Lipinski definition) is 4. The van der Waals surface area contributed by atoms with E-state index in [1.165, 1.54) is 51.7 Å². The van der Waals surface area contributed by atoms with Crippen LogP contribution in [0.15, 0.2) is 0 Å². The molecule has 2 saturated heterocycles. The minimum absolute atomic E-state index is 0.328. The Hall–Kier alpha value is -0.160. The van der Waals surface area contributed by atoms with E-state index in [9.17, 15) is 0 Å². The van der Waals surface area contributed by atoms with Crippen molar-refractivity contribution in [2.24, 2.45) is 11.3 Å². The van der Waals surface area contributed by atoms with Crippen LogP contribution in [0.2, 0.25) is 0 Å². The SMILES string of the molecule is OCCC1CCN(CC2(CNC3CC3)CCCOC2)C1. The van der Waals surface area contributed by atoms with Crippen LogP contribution >= 0.6 is 0 Å². The van der Waals surface area contributed by atoms with Crippen molar-refractivity contribution in [2.45, 2.75) is 44.6 Å². The Morgan fingerprint density at radius 2 is 2.20 bits per heavy atom. The number of aliphatic hydroxyl groups excluding tert-OH is 1. The van der Waals surface area contributed by atoms with Gasteiger partial charge in [-0.3, -0.25) is 0 Å². The fourth-order valence-electron chi connectivity index (χ4n) is 3.83. The van der Waals surface area contributed by atoms with E-state index < -0.39 is 0 Å². The monoisotopic (exact) mass is 282 g/mol. The van der Waals surface area contributed by atoms with Crippen LogP contribution in [-0.4, -0.2) is 62.0 Å². The molecule has 0 aromatic rings. The molecular weight excluding hydrogens is 252 g/mol. The Morgan fingerprint density at radius 3 is 2.90 bits per heavy atom. The highest BCUT2D eigenvalue weighted by Gasteiger charge is 2.37. The van der Waals surface area contributed by atoms with Gasteiger partial charge in [0.1, 0.15) is 0 Å². The van der Waals surface area contributed by atoms with Gasteiger partial charge in [0.15, 0.2) is 0 Å². The topological polar surface area (TPSA) is 44.7 Å². The lowest BCUT2D eigenvalue weighted by atomic mass is 9.81. The molecule has 3 fully saturated rings. The van der Waals surface area contributed by atoms with E-state index >= 15 is 0 Å². The summed E-state index contributed by atoms with van der Waals surface area (Å²) in [6, 6.07) is 0.787. The van der Waals surface area contributed by atoms with Crippen molar-refractivity contribution in [1.82, 2.24) is 10.2 Å². The summed E-state index contributed by atoms with van der Waals surface area (Å²) in [7, 11) is 0. The maximum atomic E-state index is 9.09. The molecule has 1 saturated carbocycles. The molecule has 3 aliphatic rings. The second-order valence-corrected chi connectivity index (χ2v) is 7.21. The van der Waals surface area contributed by atoms with Gasteiger partial charge in [0.25, 0.3) is 0 Å². The first kappa shape index (κ1) is 14.8. The van der Waals surface area contributed by atoms with Gasteiger partial charge in [-0.1, -0.05) is 0 Å². The van der Waals surface area contributed by atoms with E-state index in [0.29, 0.717) is 17.9 Å². The third kappa shape index (κ3) is 3.94. The summed E-state index contributed by atoms with van der Waals surface area (Å²) in [5, 5.41) is 12.8. The third-order valence-corrected chi connectivity index (χ3v) is 5.21. The Bertz CT molecular complexity index is 301. The van der Waals surface area contributed by atoms with Gasteiger partial charge in [0.2, 0.25) is 0 Å². The van der Waals surface area contributed by atoms with Gasteiger partial charge in [-0.25, -0.2) is 0 Å². The Labute approximate surface area is 122 Å². The fraction of sp³-hybridized carbons (Fsp3) is 1.00. The molecule has 0 bridgehead atoms. The van der Waals surface area contributed by atoms with Crippen molar-refractivity contribution in [3.8, 4) is 0 Å². The average molecular weight is 282 g/mol. The van der Waals surface area contributed by atoms with Gasteiger partial charge in [0.05, 0.1) is 6.61 Å². The number of nitrogens with zero attached hydrogens (tertiary/aromatic N) is 1. The summed E-state index contributed by atoms with van der Waals surface area (Å²) in [6.45, 7) is 6.89. The van der Waals surface area contributed by atoms with Crippen LogP contribution in [0.5, 0.6) is 0 Å². The van der Waals surface area contributed by atoms with Crippen LogP contribution < -0.4 is 5.32 Å². The van der Waals surface area contributed by atoms with E-state index in [4.69, 9.17) is 9.84 Å². The van der Waals surface area contributed by atoms with E-state index in [0.717, 1.165) is 32.2 Å². The molecule has 2 heterocycles. The van der Waals surface area contributed by atoms with Crippen molar-refractivity contribution in [1.29, 1.82) is 0 Å². The van der Waals surface area contributed by atoms with Crippen LogP contribution in [0, 0.1) is 11.3 Å². The number of aliphatic hydroxyl groups is 1. The second-order valence-electron chi connectivity index (χ2n) is 7.21. The van der Waals surface area contributed by atoms with Gasteiger partial charge < -0.3 is 20.1 Å². The zero-order chi connectivity index (χ0) is 13.8. The quantitative estimate of drug-likeness (QED) is 0.737. The molecule has 3 rings (SSSR count). The lowest BCUT2D eigenvalue weighted by molar-refractivity contribution is -0.0237. The first-order chi connectivity index (χ1) is 9.80. The highest BCUT2D eigenvalue weighted by molar-refractivity contribution is 4.92. The predicted octanol–water partition coefficient (Wildman–Crippen LogP) is 1.24. The standard InChI is InChI=1S/C16H30N2O2/c19-8-5-14-4-7-18(10-14)12-16(6-1-9-20-13-16)11-17-15-2-3-15/h14-15,17,19H,1-13H2. The van der Waals surface area contributed by atoms with Crippen LogP contribution in [0.25, 0.3) is 0 Å². The van der Waals surface area contributed by atoms with Crippen molar-refractivity contribution in [3.05, 3.63) is 0 Å². The number of nitrogens with one attached hydrogen (secondary N) is 1. The minimum atomic E-state index is 0.328. The third-order valence-electron chi connectivity index (χ3n) is 5.21. The molecule has 0 amide bonds. The lowest BCUT2D eigenvalue weighted by Crippen LogP contribution is -2.49. The van der Waals surface area contributed by atoms with Gasteiger partial charge in [-0.2, -0.15) is 0 Å². The first-order valence-corrected chi connectivity index (χ1v) is 8.44. The number of hydrogen-bond donors (Lipinski definition) is 2. The molecule has 2 N–H and O–H groups in total. The number of ether oxygens (including phenoxy) is 1. The molecular formula is C16H30N2O2. The maximum absolute atomic E-state index is 9.09.